The minimum atomic E-state index is -0.0778. The molecule has 176 valence electrons. The number of pyridine rings is 1. The van der Waals surface area contributed by atoms with E-state index in [9.17, 15) is 4.79 Å². The number of hydrogen-bond acceptors (Lipinski definition) is 6. The third-order valence-electron chi connectivity index (χ3n) is 6.29. The number of carbonyl (C=O) groups excluding carboxylic acids is 1. The SMILES string of the molecule is COCc1ccc(C(=O)N2CCC(n3c(Cc4cccc(OC)c4)nc4cccnc43)CC2)o1. The van der Waals surface area contributed by atoms with Gasteiger partial charge in [0.15, 0.2) is 11.4 Å². The number of imidazole rings is 1. The molecule has 0 unspecified atom stereocenters. The molecule has 1 aliphatic heterocycles. The van der Waals surface area contributed by atoms with Gasteiger partial charge in [-0.3, -0.25) is 4.79 Å². The van der Waals surface area contributed by atoms with E-state index in [-0.39, 0.29) is 11.9 Å². The average molecular weight is 461 g/mol. The van der Waals surface area contributed by atoms with Crippen LogP contribution >= 0.6 is 0 Å². The molecular formula is C26H28N4O4. The molecule has 1 saturated heterocycles. The van der Waals surface area contributed by atoms with E-state index in [0.717, 1.165) is 41.1 Å². The van der Waals surface area contributed by atoms with Crippen molar-refractivity contribution in [2.45, 2.75) is 31.9 Å². The molecule has 34 heavy (non-hydrogen) atoms. The number of piperidine rings is 1. The maximum absolute atomic E-state index is 12.9. The lowest BCUT2D eigenvalue weighted by molar-refractivity contribution is 0.0656. The van der Waals surface area contributed by atoms with Crippen LogP contribution in [0.25, 0.3) is 11.2 Å². The van der Waals surface area contributed by atoms with Gasteiger partial charge in [0.25, 0.3) is 5.91 Å². The highest BCUT2D eigenvalue weighted by atomic mass is 16.5. The van der Waals surface area contributed by atoms with Gasteiger partial charge in [0.05, 0.1) is 7.11 Å². The van der Waals surface area contributed by atoms with Crippen LogP contribution in [-0.2, 0) is 17.8 Å². The van der Waals surface area contributed by atoms with Gasteiger partial charge >= 0.3 is 0 Å². The van der Waals surface area contributed by atoms with Crippen LogP contribution in [0.3, 0.4) is 0 Å². The Balaban J connectivity index is 1.36. The molecule has 0 saturated carbocycles. The van der Waals surface area contributed by atoms with E-state index in [1.165, 1.54) is 0 Å². The molecule has 1 fully saturated rings. The first-order valence-corrected chi connectivity index (χ1v) is 11.5. The van der Waals surface area contributed by atoms with Crippen molar-refractivity contribution in [2.75, 3.05) is 27.3 Å². The number of methoxy groups -OCH3 is 2. The van der Waals surface area contributed by atoms with Crippen LogP contribution in [0.2, 0.25) is 0 Å². The molecule has 1 amide bonds. The molecule has 8 heteroatoms. The van der Waals surface area contributed by atoms with Gasteiger partial charge in [0, 0.05) is 38.9 Å². The van der Waals surface area contributed by atoms with Gasteiger partial charge in [0.1, 0.15) is 29.5 Å². The van der Waals surface area contributed by atoms with Crippen molar-refractivity contribution in [2.24, 2.45) is 0 Å². The maximum atomic E-state index is 12.9. The monoisotopic (exact) mass is 460 g/mol. The van der Waals surface area contributed by atoms with Gasteiger partial charge < -0.3 is 23.4 Å². The number of likely N-dealkylation sites (tertiary alicyclic amines) is 1. The molecule has 4 aromatic rings. The smallest absolute Gasteiger partial charge is 0.289 e. The van der Waals surface area contributed by atoms with Gasteiger partial charge in [-0.15, -0.1) is 0 Å². The van der Waals surface area contributed by atoms with Crippen molar-refractivity contribution < 1.29 is 18.7 Å². The molecule has 0 atom stereocenters. The highest BCUT2D eigenvalue weighted by Gasteiger charge is 2.29. The van der Waals surface area contributed by atoms with Gasteiger partial charge in [-0.25, -0.2) is 9.97 Å². The fraction of sp³-hybridized carbons (Fsp3) is 0.346. The van der Waals surface area contributed by atoms with Gasteiger partial charge in [-0.2, -0.15) is 0 Å². The van der Waals surface area contributed by atoms with Crippen molar-refractivity contribution in [3.8, 4) is 5.75 Å². The Morgan fingerprint density at radius 1 is 1.12 bits per heavy atom. The van der Waals surface area contributed by atoms with E-state index in [1.54, 1.807) is 26.4 Å². The number of benzene rings is 1. The van der Waals surface area contributed by atoms with Crippen molar-refractivity contribution in [1.82, 2.24) is 19.4 Å². The Labute approximate surface area is 198 Å². The highest BCUT2D eigenvalue weighted by Crippen LogP contribution is 2.30. The fourth-order valence-electron chi connectivity index (χ4n) is 4.65. The summed E-state index contributed by atoms with van der Waals surface area (Å²) in [7, 11) is 3.28. The van der Waals surface area contributed by atoms with E-state index >= 15 is 0 Å². The van der Waals surface area contributed by atoms with Gasteiger partial charge in [-0.05, 0) is 54.8 Å². The fourth-order valence-corrected chi connectivity index (χ4v) is 4.65. The number of hydrogen-bond donors (Lipinski definition) is 0. The van der Waals surface area contributed by atoms with Crippen LogP contribution in [0.5, 0.6) is 5.75 Å². The highest BCUT2D eigenvalue weighted by molar-refractivity contribution is 5.91. The molecule has 0 aliphatic carbocycles. The van der Waals surface area contributed by atoms with Gasteiger partial charge in [0.2, 0.25) is 0 Å². The lowest BCUT2D eigenvalue weighted by atomic mass is 10.0. The van der Waals surface area contributed by atoms with Crippen LogP contribution in [0, 0.1) is 0 Å². The Kier molecular flexibility index (Phi) is 6.31. The van der Waals surface area contributed by atoms with E-state index < -0.39 is 0 Å². The Morgan fingerprint density at radius 3 is 2.76 bits per heavy atom. The number of ether oxygens (including phenoxy) is 2. The van der Waals surface area contributed by atoms with Crippen LogP contribution in [0.15, 0.2) is 59.1 Å². The van der Waals surface area contributed by atoms with Crippen molar-refractivity contribution in [3.63, 3.8) is 0 Å². The van der Waals surface area contributed by atoms with Crippen LogP contribution in [0.1, 0.15) is 46.6 Å². The second-order valence-electron chi connectivity index (χ2n) is 8.49. The quantitative estimate of drug-likeness (QED) is 0.410. The second kappa shape index (κ2) is 9.69. The largest absolute Gasteiger partial charge is 0.497 e. The summed E-state index contributed by atoms with van der Waals surface area (Å²) in [6, 6.07) is 15.7. The zero-order valence-corrected chi connectivity index (χ0v) is 19.4. The minimum Gasteiger partial charge on any atom is -0.497 e. The summed E-state index contributed by atoms with van der Waals surface area (Å²) in [5.74, 6) is 2.74. The first-order valence-electron chi connectivity index (χ1n) is 11.5. The van der Waals surface area contributed by atoms with E-state index in [0.29, 0.717) is 37.6 Å². The van der Waals surface area contributed by atoms with Crippen molar-refractivity contribution in [3.05, 3.63) is 77.6 Å². The Morgan fingerprint density at radius 2 is 1.97 bits per heavy atom. The van der Waals surface area contributed by atoms with Crippen molar-refractivity contribution in [1.29, 1.82) is 0 Å². The zero-order chi connectivity index (χ0) is 23.5. The normalized spacial score (nSPS) is 14.6. The number of amides is 1. The van der Waals surface area contributed by atoms with Crippen LogP contribution in [0.4, 0.5) is 0 Å². The topological polar surface area (TPSA) is 82.6 Å². The van der Waals surface area contributed by atoms with Crippen LogP contribution < -0.4 is 4.74 Å². The van der Waals surface area contributed by atoms with E-state index in [1.807, 2.05) is 41.4 Å². The third kappa shape index (κ3) is 4.41. The summed E-state index contributed by atoms with van der Waals surface area (Å²) in [5.41, 5.74) is 2.91. The van der Waals surface area contributed by atoms with Crippen molar-refractivity contribution >= 4 is 17.1 Å². The predicted molar refractivity (Wildman–Crippen MR) is 127 cm³/mol. The molecule has 3 aromatic heterocycles. The number of rotatable bonds is 7. The molecule has 1 aromatic carbocycles. The summed E-state index contributed by atoms with van der Waals surface area (Å²) in [5, 5.41) is 0. The standard InChI is InChI=1S/C26H28N4O4/c1-32-17-21-8-9-23(34-21)26(31)29-13-10-19(11-14-29)30-24(28-22-7-4-12-27-25(22)30)16-18-5-3-6-20(15-18)33-2/h3-9,12,15,19H,10-11,13-14,16-17H2,1-2H3. The number of carbonyl (C=O) groups is 1. The molecular weight excluding hydrogens is 432 g/mol. The summed E-state index contributed by atoms with van der Waals surface area (Å²) in [6.45, 7) is 1.65. The lowest BCUT2D eigenvalue weighted by Gasteiger charge is -2.33. The molecule has 1 aliphatic rings. The maximum Gasteiger partial charge on any atom is 0.289 e. The molecule has 0 spiro atoms. The Bertz CT molecular complexity index is 1290. The van der Waals surface area contributed by atoms with Crippen LogP contribution in [-0.4, -0.2) is 52.7 Å². The number of fused-ring (bicyclic) bond motifs is 1. The lowest BCUT2D eigenvalue weighted by Crippen LogP contribution is -2.39. The predicted octanol–water partition coefficient (Wildman–Crippen LogP) is 4.25. The molecule has 4 heterocycles. The third-order valence-corrected chi connectivity index (χ3v) is 6.29. The summed E-state index contributed by atoms with van der Waals surface area (Å²) >= 11 is 0. The molecule has 8 nitrogen and oxygen atoms in total. The first kappa shape index (κ1) is 22.2. The molecule has 0 bridgehead atoms. The molecule has 5 rings (SSSR count). The summed E-state index contributed by atoms with van der Waals surface area (Å²) in [4.78, 5) is 24.4. The first-order chi connectivity index (χ1) is 16.7. The molecule has 0 N–H and O–H groups in total. The summed E-state index contributed by atoms with van der Waals surface area (Å²) < 4.78 is 18.4. The van der Waals surface area contributed by atoms with E-state index in [4.69, 9.17) is 18.9 Å². The minimum absolute atomic E-state index is 0.0778. The zero-order valence-electron chi connectivity index (χ0n) is 19.4. The Hall–Kier alpha value is -3.65. The van der Waals surface area contributed by atoms with E-state index in [2.05, 4.69) is 15.6 Å². The number of furan rings is 1. The molecule has 0 radical (unpaired) electrons. The summed E-state index contributed by atoms with van der Waals surface area (Å²) in [6.07, 6.45) is 4.14. The second-order valence-corrected chi connectivity index (χ2v) is 8.49. The average Bonchev–Trinajstić information content (AvgIpc) is 3.48. The number of nitrogens with zero attached hydrogens (tertiary/aromatic N) is 4. The van der Waals surface area contributed by atoms with Gasteiger partial charge in [-0.1, -0.05) is 12.1 Å². The number of aromatic nitrogens is 3.